The SMILES string of the molecule is CCc1cc2c(=O)n3c(nc2s1)C(=Cc1ccsc1)CC3. The Hall–Kier alpha value is -1.72. The maximum atomic E-state index is 12.6. The number of hydrogen-bond donors (Lipinski definition) is 0. The van der Waals surface area contributed by atoms with Gasteiger partial charge in [0.1, 0.15) is 10.7 Å². The van der Waals surface area contributed by atoms with E-state index in [2.05, 4.69) is 29.8 Å². The fraction of sp³-hybridized carbons (Fsp3) is 0.250. The standard InChI is InChI=1S/C16H14N2OS2/c1-2-12-8-13-15(21-12)17-14-11(3-5-18(14)16(13)19)7-10-4-6-20-9-10/h4,6-9H,2-3,5H2,1H3. The zero-order valence-electron chi connectivity index (χ0n) is 11.6. The third-order valence-corrected chi connectivity index (χ3v) is 5.70. The number of rotatable bonds is 2. The molecule has 21 heavy (non-hydrogen) atoms. The van der Waals surface area contributed by atoms with Gasteiger partial charge >= 0.3 is 0 Å². The van der Waals surface area contributed by atoms with Crippen LogP contribution in [-0.2, 0) is 13.0 Å². The highest BCUT2D eigenvalue weighted by atomic mass is 32.1. The minimum absolute atomic E-state index is 0.111. The number of fused-ring (bicyclic) bond motifs is 2. The third-order valence-electron chi connectivity index (χ3n) is 3.83. The van der Waals surface area contributed by atoms with E-state index in [1.54, 1.807) is 22.7 Å². The first-order valence-corrected chi connectivity index (χ1v) is 8.78. The van der Waals surface area contributed by atoms with Crippen molar-refractivity contribution in [1.82, 2.24) is 9.55 Å². The van der Waals surface area contributed by atoms with E-state index in [0.717, 1.165) is 35.4 Å². The fourth-order valence-corrected chi connectivity index (χ4v) is 4.31. The number of hydrogen-bond acceptors (Lipinski definition) is 4. The summed E-state index contributed by atoms with van der Waals surface area (Å²) in [7, 11) is 0. The summed E-state index contributed by atoms with van der Waals surface area (Å²) in [5.41, 5.74) is 2.47. The molecule has 0 atom stereocenters. The molecule has 0 aromatic carbocycles. The van der Waals surface area contributed by atoms with Crippen LogP contribution in [0.15, 0.2) is 27.7 Å². The van der Waals surface area contributed by atoms with Crippen LogP contribution in [0.1, 0.15) is 29.6 Å². The van der Waals surface area contributed by atoms with Gasteiger partial charge in [0.2, 0.25) is 0 Å². The van der Waals surface area contributed by atoms with Gasteiger partial charge in [-0.1, -0.05) is 6.92 Å². The molecule has 0 saturated heterocycles. The second kappa shape index (κ2) is 4.93. The normalized spacial score (nSPS) is 16.0. The van der Waals surface area contributed by atoms with E-state index < -0.39 is 0 Å². The zero-order valence-corrected chi connectivity index (χ0v) is 13.3. The molecule has 3 aromatic heterocycles. The summed E-state index contributed by atoms with van der Waals surface area (Å²) in [5, 5.41) is 4.96. The molecule has 5 heteroatoms. The summed E-state index contributed by atoms with van der Waals surface area (Å²) < 4.78 is 1.83. The van der Waals surface area contributed by atoms with Gasteiger partial charge in [0.05, 0.1) is 5.39 Å². The Labute approximate surface area is 130 Å². The van der Waals surface area contributed by atoms with E-state index >= 15 is 0 Å². The molecule has 1 aliphatic heterocycles. The summed E-state index contributed by atoms with van der Waals surface area (Å²) in [6.07, 6.45) is 3.99. The van der Waals surface area contributed by atoms with Gasteiger partial charge in [-0.2, -0.15) is 11.3 Å². The molecule has 4 heterocycles. The lowest BCUT2D eigenvalue weighted by atomic mass is 10.1. The molecule has 0 unspecified atom stereocenters. The van der Waals surface area contributed by atoms with Crippen LogP contribution in [-0.4, -0.2) is 9.55 Å². The van der Waals surface area contributed by atoms with Gasteiger partial charge in [-0.05, 0) is 52.9 Å². The third kappa shape index (κ3) is 2.08. The van der Waals surface area contributed by atoms with E-state index in [1.165, 1.54) is 16.0 Å². The second-order valence-corrected chi connectivity index (χ2v) is 7.05. The molecule has 0 spiro atoms. The summed E-state index contributed by atoms with van der Waals surface area (Å²) in [6.45, 7) is 2.85. The maximum absolute atomic E-state index is 12.6. The van der Waals surface area contributed by atoms with Crippen molar-refractivity contribution in [3.8, 4) is 0 Å². The first-order valence-electron chi connectivity index (χ1n) is 7.02. The molecule has 1 aliphatic rings. The minimum atomic E-state index is 0.111. The van der Waals surface area contributed by atoms with Gasteiger partial charge in [0, 0.05) is 11.4 Å². The van der Waals surface area contributed by atoms with Gasteiger partial charge in [0.25, 0.3) is 5.56 Å². The quantitative estimate of drug-likeness (QED) is 0.716. The van der Waals surface area contributed by atoms with Crippen molar-refractivity contribution in [1.29, 1.82) is 0 Å². The molecular weight excluding hydrogens is 300 g/mol. The van der Waals surface area contributed by atoms with E-state index in [9.17, 15) is 4.79 Å². The molecule has 4 rings (SSSR count). The van der Waals surface area contributed by atoms with Crippen molar-refractivity contribution >= 4 is 44.5 Å². The molecule has 0 aliphatic carbocycles. The van der Waals surface area contributed by atoms with E-state index in [1.807, 2.05) is 10.6 Å². The molecule has 0 bridgehead atoms. The van der Waals surface area contributed by atoms with Crippen molar-refractivity contribution in [2.24, 2.45) is 0 Å². The molecule has 3 aromatic rings. The number of nitrogens with zero attached hydrogens (tertiary/aromatic N) is 2. The first kappa shape index (κ1) is 13.0. The van der Waals surface area contributed by atoms with Crippen LogP contribution in [0.2, 0.25) is 0 Å². The lowest BCUT2D eigenvalue weighted by Gasteiger charge is -2.02. The summed E-state index contributed by atoms with van der Waals surface area (Å²) in [5.74, 6) is 0.850. The van der Waals surface area contributed by atoms with Crippen LogP contribution >= 0.6 is 22.7 Å². The Morgan fingerprint density at radius 1 is 1.48 bits per heavy atom. The van der Waals surface area contributed by atoms with Crippen LogP contribution in [0.5, 0.6) is 0 Å². The lowest BCUT2D eigenvalue weighted by molar-refractivity contribution is 0.726. The molecule has 0 N–H and O–H groups in total. The molecule has 0 radical (unpaired) electrons. The molecular formula is C16H14N2OS2. The number of aryl methyl sites for hydroxylation is 1. The topological polar surface area (TPSA) is 34.9 Å². The minimum Gasteiger partial charge on any atom is -0.292 e. The van der Waals surface area contributed by atoms with Gasteiger partial charge in [-0.3, -0.25) is 9.36 Å². The van der Waals surface area contributed by atoms with Crippen LogP contribution in [0.3, 0.4) is 0 Å². The Morgan fingerprint density at radius 2 is 2.38 bits per heavy atom. The summed E-state index contributed by atoms with van der Waals surface area (Å²) in [6, 6.07) is 4.10. The van der Waals surface area contributed by atoms with Crippen molar-refractivity contribution in [3.63, 3.8) is 0 Å². The van der Waals surface area contributed by atoms with Crippen molar-refractivity contribution in [2.75, 3.05) is 0 Å². The maximum Gasteiger partial charge on any atom is 0.262 e. The molecule has 3 nitrogen and oxygen atoms in total. The number of allylic oxidation sites excluding steroid dienone is 1. The second-order valence-electron chi connectivity index (χ2n) is 5.15. The monoisotopic (exact) mass is 314 g/mol. The first-order chi connectivity index (χ1) is 10.3. The molecule has 106 valence electrons. The van der Waals surface area contributed by atoms with Gasteiger partial charge in [-0.15, -0.1) is 11.3 Å². The van der Waals surface area contributed by atoms with Crippen LogP contribution < -0.4 is 5.56 Å². The Kier molecular flexibility index (Phi) is 3.05. The largest absolute Gasteiger partial charge is 0.292 e. The number of thiophene rings is 2. The fourth-order valence-electron chi connectivity index (χ4n) is 2.73. The smallest absolute Gasteiger partial charge is 0.262 e. The molecule has 0 fully saturated rings. The van der Waals surface area contributed by atoms with E-state index in [4.69, 9.17) is 4.98 Å². The van der Waals surface area contributed by atoms with Crippen LogP contribution in [0.25, 0.3) is 21.9 Å². The average Bonchev–Trinajstić information content (AvgIpc) is 3.20. The Bertz CT molecular complexity index is 900. The average molecular weight is 314 g/mol. The summed E-state index contributed by atoms with van der Waals surface area (Å²) >= 11 is 3.32. The predicted molar refractivity (Wildman–Crippen MR) is 90.1 cm³/mol. The highest BCUT2D eigenvalue weighted by Gasteiger charge is 2.21. The Morgan fingerprint density at radius 3 is 3.14 bits per heavy atom. The van der Waals surface area contributed by atoms with E-state index in [-0.39, 0.29) is 5.56 Å². The van der Waals surface area contributed by atoms with Crippen LogP contribution in [0.4, 0.5) is 0 Å². The highest BCUT2D eigenvalue weighted by molar-refractivity contribution is 7.18. The van der Waals surface area contributed by atoms with Gasteiger partial charge in [0.15, 0.2) is 0 Å². The molecule has 0 saturated carbocycles. The summed E-state index contributed by atoms with van der Waals surface area (Å²) in [4.78, 5) is 19.5. The lowest BCUT2D eigenvalue weighted by Crippen LogP contribution is -2.19. The Balaban J connectivity index is 1.92. The number of aromatic nitrogens is 2. The van der Waals surface area contributed by atoms with Crippen molar-refractivity contribution < 1.29 is 0 Å². The molecule has 0 amide bonds. The van der Waals surface area contributed by atoms with E-state index in [0.29, 0.717) is 0 Å². The highest BCUT2D eigenvalue weighted by Crippen LogP contribution is 2.30. The van der Waals surface area contributed by atoms with Crippen molar-refractivity contribution in [3.05, 3.63) is 49.5 Å². The van der Waals surface area contributed by atoms with Gasteiger partial charge in [-0.25, -0.2) is 4.98 Å². The van der Waals surface area contributed by atoms with Crippen LogP contribution in [0, 0.1) is 0 Å². The van der Waals surface area contributed by atoms with Crippen molar-refractivity contribution in [2.45, 2.75) is 26.3 Å². The predicted octanol–water partition coefficient (Wildman–Crippen LogP) is 4.03. The zero-order chi connectivity index (χ0) is 14.4. The van der Waals surface area contributed by atoms with Gasteiger partial charge < -0.3 is 0 Å².